The van der Waals surface area contributed by atoms with E-state index in [1.807, 2.05) is 37.4 Å². The van der Waals surface area contributed by atoms with E-state index in [1.165, 1.54) is 12.8 Å². The van der Waals surface area contributed by atoms with Gasteiger partial charge < -0.3 is 15.0 Å². The minimum absolute atomic E-state index is 0.124. The molecule has 1 fully saturated rings. The summed E-state index contributed by atoms with van der Waals surface area (Å²) < 4.78 is 5.55. The van der Waals surface area contributed by atoms with Gasteiger partial charge >= 0.3 is 0 Å². The van der Waals surface area contributed by atoms with Crippen LogP contribution in [0.2, 0.25) is 0 Å². The van der Waals surface area contributed by atoms with Crippen LogP contribution < -0.4 is 10.1 Å². The number of hydrogen-bond donors (Lipinski definition) is 1. The predicted molar refractivity (Wildman–Crippen MR) is 70.6 cm³/mol. The third kappa shape index (κ3) is 4.37. The number of hydrogen-bond acceptors (Lipinski definition) is 3. The molecule has 4 nitrogen and oxygen atoms in total. The van der Waals surface area contributed by atoms with Crippen molar-refractivity contribution < 1.29 is 9.53 Å². The van der Waals surface area contributed by atoms with Crippen LogP contribution in [-0.2, 0) is 4.79 Å². The molecule has 0 spiro atoms. The van der Waals surface area contributed by atoms with Crippen molar-refractivity contribution in [2.45, 2.75) is 18.9 Å². The lowest BCUT2D eigenvalue weighted by atomic mass is 10.3. The zero-order valence-corrected chi connectivity index (χ0v) is 10.8. The third-order valence-corrected chi connectivity index (χ3v) is 2.98. The molecule has 1 saturated carbocycles. The minimum Gasteiger partial charge on any atom is -0.492 e. The van der Waals surface area contributed by atoms with Crippen molar-refractivity contribution in [1.29, 1.82) is 0 Å². The number of carbonyl (C=O) groups is 1. The van der Waals surface area contributed by atoms with Crippen LogP contribution >= 0.6 is 0 Å². The van der Waals surface area contributed by atoms with Crippen LogP contribution in [0.4, 0.5) is 0 Å². The number of nitrogens with zero attached hydrogens (tertiary/aromatic N) is 1. The van der Waals surface area contributed by atoms with Gasteiger partial charge in [-0.05, 0) is 25.0 Å². The van der Waals surface area contributed by atoms with Crippen molar-refractivity contribution in [3.8, 4) is 5.75 Å². The Kier molecular flexibility index (Phi) is 4.59. The standard InChI is InChI=1S/C14H20N2O2/c1-16(14(17)11-15-12-7-8-12)9-10-18-13-5-3-2-4-6-13/h2-6,12,15H,7-11H2,1H3. The lowest BCUT2D eigenvalue weighted by Crippen LogP contribution is -2.38. The van der Waals surface area contributed by atoms with Gasteiger partial charge in [0.25, 0.3) is 0 Å². The van der Waals surface area contributed by atoms with Crippen LogP contribution in [0.5, 0.6) is 5.75 Å². The molecule has 18 heavy (non-hydrogen) atoms. The summed E-state index contributed by atoms with van der Waals surface area (Å²) in [6.07, 6.45) is 2.40. The second kappa shape index (κ2) is 6.40. The fourth-order valence-corrected chi connectivity index (χ4v) is 1.60. The molecule has 0 saturated heterocycles. The first-order valence-corrected chi connectivity index (χ1v) is 6.41. The highest BCUT2D eigenvalue weighted by molar-refractivity contribution is 5.78. The monoisotopic (exact) mass is 248 g/mol. The van der Waals surface area contributed by atoms with E-state index in [1.54, 1.807) is 4.90 Å². The topological polar surface area (TPSA) is 41.6 Å². The van der Waals surface area contributed by atoms with E-state index in [9.17, 15) is 4.79 Å². The number of rotatable bonds is 7. The molecular weight excluding hydrogens is 228 g/mol. The zero-order chi connectivity index (χ0) is 12.8. The van der Waals surface area contributed by atoms with Crippen LogP contribution in [0.25, 0.3) is 0 Å². The molecular formula is C14H20N2O2. The Morgan fingerprint density at radius 2 is 2.11 bits per heavy atom. The first-order valence-electron chi connectivity index (χ1n) is 6.41. The summed E-state index contributed by atoms with van der Waals surface area (Å²) in [6.45, 7) is 1.57. The van der Waals surface area contributed by atoms with Crippen molar-refractivity contribution in [3.05, 3.63) is 30.3 Å². The van der Waals surface area contributed by atoms with Gasteiger partial charge in [-0.1, -0.05) is 18.2 Å². The SMILES string of the molecule is CN(CCOc1ccccc1)C(=O)CNC1CC1. The highest BCUT2D eigenvalue weighted by Crippen LogP contribution is 2.18. The molecule has 1 aromatic carbocycles. The van der Waals surface area contributed by atoms with Crippen LogP contribution in [0, 0.1) is 0 Å². The van der Waals surface area contributed by atoms with Crippen molar-refractivity contribution in [1.82, 2.24) is 10.2 Å². The van der Waals surface area contributed by atoms with Gasteiger partial charge in [-0.25, -0.2) is 0 Å². The van der Waals surface area contributed by atoms with Crippen LogP contribution in [0.1, 0.15) is 12.8 Å². The lowest BCUT2D eigenvalue weighted by molar-refractivity contribution is -0.129. The molecule has 0 atom stereocenters. The Hall–Kier alpha value is -1.55. The van der Waals surface area contributed by atoms with Crippen molar-refractivity contribution in [3.63, 3.8) is 0 Å². The Labute approximate surface area is 108 Å². The van der Waals surface area contributed by atoms with Gasteiger partial charge in [0.15, 0.2) is 0 Å². The van der Waals surface area contributed by atoms with Crippen molar-refractivity contribution in [2.24, 2.45) is 0 Å². The van der Waals surface area contributed by atoms with E-state index in [-0.39, 0.29) is 5.91 Å². The summed E-state index contributed by atoms with van der Waals surface area (Å²) in [5.74, 6) is 0.966. The first-order chi connectivity index (χ1) is 8.75. The Bertz CT molecular complexity index is 377. The summed E-state index contributed by atoms with van der Waals surface area (Å²) in [7, 11) is 1.81. The maximum atomic E-state index is 11.7. The molecule has 1 aliphatic rings. The van der Waals surface area contributed by atoms with Crippen LogP contribution in [0.15, 0.2) is 30.3 Å². The summed E-state index contributed by atoms with van der Waals surface area (Å²) in [5.41, 5.74) is 0. The fourth-order valence-electron chi connectivity index (χ4n) is 1.60. The van der Waals surface area contributed by atoms with Gasteiger partial charge in [0.1, 0.15) is 12.4 Å². The molecule has 0 bridgehead atoms. The summed E-state index contributed by atoms with van der Waals surface area (Å²) in [5, 5.41) is 3.21. The van der Waals surface area contributed by atoms with E-state index in [0.29, 0.717) is 25.7 Å². The van der Waals surface area contributed by atoms with Gasteiger partial charge in [0, 0.05) is 13.1 Å². The third-order valence-electron chi connectivity index (χ3n) is 2.98. The molecule has 1 aliphatic carbocycles. The largest absolute Gasteiger partial charge is 0.492 e. The number of benzene rings is 1. The molecule has 0 aliphatic heterocycles. The summed E-state index contributed by atoms with van der Waals surface area (Å²) in [4.78, 5) is 13.4. The Morgan fingerprint density at radius 1 is 1.39 bits per heavy atom. The predicted octanol–water partition coefficient (Wildman–Crippen LogP) is 1.28. The molecule has 1 N–H and O–H groups in total. The van der Waals surface area contributed by atoms with Gasteiger partial charge in [0.2, 0.25) is 5.91 Å². The highest BCUT2D eigenvalue weighted by Gasteiger charge is 2.21. The molecule has 0 heterocycles. The fraction of sp³-hybridized carbons (Fsp3) is 0.500. The number of likely N-dealkylation sites (N-methyl/N-ethyl adjacent to an activating group) is 1. The smallest absolute Gasteiger partial charge is 0.236 e. The molecule has 0 aromatic heterocycles. The summed E-state index contributed by atoms with van der Waals surface area (Å²) >= 11 is 0. The van der Waals surface area contributed by atoms with Gasteiger partial charge in [-0.15, -0.1) is 0 Å². The maximum Gasteiger partial charge on any atom is 0.236 e. The second-order valence-corrected chi connectivity index (χ2v) is 4.63. The highest BCUT2D eigenvalue weighted by atomic mass is 16.5. The molecule has 0 unspecified atom stereocenters. The van der Waals surface area contributed by atoms with Gasteiger partial charge in [0.05, 0.1) is 13.1 Å². The van der Waals surface area contributed by atoms with E-state index < -0.39 is 0 Å². The quantitative estimate of drug-likeness (QED) is 0.790. The van der Waals surface area contributed by atoms with Gasteiger partial charge in [-0.2, -0.15) is 0 Å². The number of carbonyl (C=O) groups excluding carboxylic acids is 1. The maximum absolute atomic E-state index is 11.7. The minimum atomic E-state index is 0.124. The van der Waals surface area contributed by atoms with Gasteiger partial charge in [-0.3, -0.25) is 4.79 Å². The molecule has 2 rings (SSSR count). The van der Waals surface area contributed by atoms with E-state index >= 15 is 0 Å². The van der Waals surface area contributed by atoms with E-state index in [4.69, 9.17) is 4.74 Å². The number of ether oxygens (including phenoxy) is 1. The van der Waals surface area contributed by atoms with E-state index in [2.05, 4.69) is 5.32 Å². The number of nitrogens with one attached hydrogen (secondary N) is 1. The van der Waals surface area contributed by atoms with Crippen molar-refractivity contribution in [2.75, 3.05) is 26.7 Å². The summed E-state index contributed by atoms with van der Waals surface area (Å²) in [6, 6.07) is 10.2. The van der Waals surface area contributed by atoms with E-state index in [0.717, 1.165) is 5.75 Å². The zero-order valence-electron chi connectivity index (χ0n) is 10.8. The van der Waals surface area contributed by atoms with Crippen LogP contribution in [-0.4, -0.2) is 43.6 Å². The molecule has 4 heteroatoms. The molecule has 98 valence electrons. The molecule has 1 aromatic rings. The lowest BCUT2D eigenvalue weighted by Gasteiger charge is -2.17. The number of para-hydroxylation sites is 1. The normalized spacial score (nSPS) is 14.3. The number of amides is 1. The Balaban J connectivity index is 1.61. The average Bonchev–Trinajstić information content (AvgIpc) is 3.21. The van der Waals surface area contributed by atoms with Crippen molar-refractivity contribution >= 4 is 5.91 Å². The van der Waals surface area contributed by atoms with Crippen LogP contribution in [0.3, 0.4) is 0 Å². The molecule has 1 amide bonds. The average molecular weight is 248 g/mol. The Morgan fingerprint density at radius 3 is 2.78 bits per heavy atom. The first kappa shape index (κ1) is 12.9. The second-order valence-electron chi connectivity index (χ2n) is 4.63. The molecule has 0 radical (unpaired) electrons.